The van der Waals surface area contributed by atoms with Crippen molar-refractivity contribution in [2.24, 2.45) is 5.92 Å². The molecule has 6 heteroatoms. The monoisotopic (exact) mass is 323 g/mol. The SMILES string of the molecule is Cc1csc(C(NC(=O)NCC2(O)CCCCC2)C2CC2)n1. The van der Waals surface area contributed by atoms with Gasteiger partial charge in [0.2, 0.25) is 0 Å². The van der Waals surface area contributed by atoms with E-state index in [1.807, 2.05) is 12.3 Å². The molecule has 0 aliphatic heterocycles. The van der Waals surface area contributed by atoms with Crippen molar-refractivity contribution < 1.29 is 9.90 Å². The van der Waals surface area contributed by atoms with Crippen LogP contribution in [0, 0.1) is 12.8 Å². The number of hydrogen-bond donors (Lipinski definition) is 3. The van der Waals surface area contributed by atoms with E-state index in [1.54, 1.807) is 11.3 Å². The number of aliphatic hydroxyl groups is 1. The van der Waals surface area contributed by atoms with E-state index in [4.69, 9.17) is 0 Å². The molecule has 2 aliphatic carbocycles. The number of thiazole rings is 1. The summed E-state index contributed by atoms with van der Waals surface area (Å²) in [4.78, 5) is 16.7. The standard InChI is InChI=1S/C16H25N3O2S/c1-11-9-22-14(18-11)13(12-5-6-12)19-15(20)17-10-16(21)7-3-2-4-8-16/h9,12-13,21H,2-8,10H2,1H3,(H2,17,19,20). The van der Waals surface area contributed by atoms with Crippen LogP contribution in [-0.4, -0.2) is 28.3 Å². The molecule has 0 spiro atoms. The van der Waals surface area contributed by atoms with E-state index in [0.29, 0.717) is 12.5 Å². The lowest BCUT2D eigenvalue weighted by Crippen LogP contribution is -2.48. The number of hydrogen-bond acceptors (Lipinski definition) is 4. The van der Waals surface area contributed by atoms with Gasteiger partial charge in [-0.25, -0.2) is 9.78 Å². The Hall–Kier alpha value is -1.14. The van der Waals surface area contributed by atoms with Gasteiger partial charge >= 0.3 is 6.03 Å². The van der Waals surface area contributed by atoms with Crippen LogP contribution < -0.4 is 10.6 Å². The highest BCUT2D eigenvalue weighted by Gasteiger charge is 2.36. The van der Waals surface area contributed by atoms with Crippen molar-refractivity contribution in [3.05, 3.63) is 16.1 Å². The van der Waals surface area contributed by atoms with Crippen molar-refractivity contribution in [2.75, 3.05) is 6.54 Å². The number of aromatic nitrogens is 1. The highest BCUT2D eigenvalue weighted by molar-refractivity contribution is 7.09. The quantitative estimate of drug-likeness (QED) is 0.780. The molecule has 1 aromatic heterocycles. The molecule has 122 valence electrons. The minimum absolute atomic E-state index is 0.0136. The minimum Gasteiger partial charge on any atom is -0.388 e. The van der Waals surface area contributed by atoms with Gasteiger partial charge in [-0.05, 0) is 38.5 Å². The van der Waals surface area contributed by atoms with Gasteiger partial charge in [-0.15, -0.1) is 11.3 Å². The van der Waals surface area contributed by atoms with Gasteiger partial charge in [-0.1, -0.05) is 19.3 Å². The van der Waals surface area contributed by atoms with Crippen LogP contribution in [0.25, 0.3) is 0 Å². The molecule has 0 radical (unpaired) electrons. The molecule has 2 fully saturated rings. The number of carbonyl (C=O) groups excluding carboxylic acids is 1. The summed E-state index contributed by atoms with van der Waals surface area (Å²) in [5.41, 5.74) is 0.284. The zero-order chi connectivity index (χ0) is 15.6. The van der Waals surface area contributed by atoms with E-state index in [-0.39, 0.29) is 12.1 Å². The lowest BCUT2D eigenvalue weighted by atomic mass is 9.85. The number of rotatable bonds is 5. The van der Waals surface area contributed by atoms with E-state index >= 15 is 0 Å². The maximum Gasteiger partial charge on any atom is 0.315 e. The largest absolute Gasteiger partial charge is 0.388 e. The third kappa shape index (κ3) is 3.98. The average Bonchev–Trinajstić information content (AvgIpc) is 3.25. The Morgan fingerprint density at radius 3 is 2.77 bits per heavy atom. The summed E-state index contributed by atoms with van der Waals surface area (Å²) in [7, 11) is 0. The van der Waals surface area contributed by atoms with Crippen molar-refractivity contribution in [3.8, 4) is 0 Å². The molecule has 1 heterocycles. The van der Waals surface area contributed by atoms with Crippen LogP contribution in [0.5, 0.6) is 0 Å². The van der Waals surface area contributed by atoms with E-state index in [9.17, 15) is 9.90 Å². The van der Waals surface area contributed by atoms with Crippen molar-refractivity contribution in [1.29, 1.82) is 0 Å². The number of aryl methyl sites for hydroxylation is 1. The molecule has 1 atom stereocenters. The normalized spacial score (nSPS) is 22.1. The molecule has 1 unspecified atom stereocenters. The first kappa shape index (κ1) is 15.7. The molecule has 0 bridgehead atoms. The molecule has 3 N–H and O–H groups in total. The van der Waals surface area contributed by atoms with E-state index in [1.165, 1.54) is 6.42 Å². The summed E-state index contributed by atoms with van der Waals surface area (Å²) in [6.45, 7) is 2.32. The lowest BCUT2D eigenvalue weighted by molar-refractivity contribution is 0.00711. The van der Waals surface area contributed by atoms with Gasteiger partial charge in [0.1, 0.15) is 5.01 Å². The predicted molar refractivity (Wildman–Crippen MR) is 86.9 cm³/mol. The fourth-order valence-corrected chi connectivity index (χ4v) is 4.09. The Labute approximate surface area is 135 Å². The number of amides is 2. The van der Waals surface area contributed by atoms with Crippen LogP contribution in [0.3, 0.4) is 0 Å². The van der Waals surface area contributed by atoms with Gasteiger partial charge in [-0.3, -0.25) is 0 Å². The van der Waals surface area contributed by atoms with Crippen molar-refractivity contribution in [3.63, 3.8) is 0 Å². The summed E-state index contributed by atoms with van der Waals surface area (Å²) in [6.07, 6.45) is 7.13. The second kappa shape index (κ2) is 6.54. The number of nitrogens with zero attached hydrogens (tertiary/aromatic N) is 1. The third-order valence-corrected chi connectivity index (χ3v) is 5.69. The Balaban J connectivity index is 1.53. The first-order chi connectivity index (χ1) is 10.6. The number of carbonyl (C=O) groups is 1. The Morgan fingerprint density at radius 1 is 1.45 bits per heavy atom. The van der Waals surface area contributed by atoms with Crippen LogP contribution >= 0.6 is 11.3 Å². The molecule has 1 aromatic rings. The molecule has 5 nitrogen and oxygen atoms in total. The van der Waals surface area contributed by atoms with Crippen molar-refractivity contribution >= 4 is 17.4 Å². The van der Waals surface area contributed by atoms with Crippen LogP contribution in [0.15, 0.2) is 5.38 Å². The van der Waals surface area contributed by atoms with Gasteiger partial charge < -0.3 is 15.7 Å². The Bertz CT molecular complexity index is 521. The molecule has 2 saturated carbocycles. The molecule has 0 aromatic carbocycles. The van der Waals surface area contributed by atoms with Crippen molar-refractivity contribution in [2.45, 2.75) is 63.5 Å². The first-order valence-corrected chi connectivity index (χ1v) is 9.12. The smallest absolute Gasteiger partial charge is 0.315 e. The molecule has 2 aliphatic rings. The van der Waals surface area contributed by atoms with Crippen molar-refractivity contribution in [1.82, 2.24) is 15.6 Å². The topological polar surface area (TPSA) is 74.2 Å². The highest BCUT2D eigenvalue weighted by Crippen LogP contribution is 2.41. The zero-order valence-corrected chi connectivity index (χ0v) is 13.9. The number of urea groups is 1. The third-order valence-electron chi connectivity index (χ3n) is 4.65. The van der Waals surface area contributed by atoms with E-state index < -0.39 is 5.60 Å². The molecule has 22 heavy (non-hydrogen) atoms. The lowest BCUT2D eigenvalue weighted by Gasteiger charge is -2.32. The van der Waals surface area contributed by atoms with Crippen LogP contribution in [0.4, 0.5) is 4.79 Å². The van der Waals surface area contributed by atoms with E-state index in [2.05, 4.69) is 15.6 Å². The predicted octanol–water partition coefficient (Wildman–Crippen LogP) is 2.90. The molecule has 3 rings (SSSR count). The highest BCUT2D eigenvalue weighted by atomic mass is 32.1. The second-order valence-electron chi connectivity index (χ2n) is 6.75. The van der Waals surface area contributed by atoms with Crippen LogP contribution in [-0.2, 0) is 0 Å². The maximum atomic E-state index is 12.2. The van der Waals surface area contributed by atoms with Crippen LogP contribution in [0.2, 0.25) is 0 Å². The zero-order valence-electron chi connectivity index (χ0n) is 13.1. The van der Waals surface area contributed by atoms with Gasteiger partial charge in [0, 0.05) is 17.6 Å². The fraction of sp³-hybridized carbons (Fsp3) is 0.750. The summed E-state index contributed by atoms with van der Waals surface area (Å²) in [6, 6.07) is -0.177. The Kier molecular flexibility index (Phi) is 4.68. The minimum atomic E-state index is -0.720. The molecular weight excluding hydrogens is 298 g/mol. The maximum absolute atomic E-state index is 12.2. The van der Waals surface area contributed by atoms with Gasteiger partial charge in [-0.2, -0.15) is 0 Å². The summed E-state index contributed by atoms with van der Waals surface area (Å²) in [5, 5.41) is 19.4. The second-order valence-corrected chi connectivity index (χ2v) is 7.64. The fourth-order valence-electron chi connectivity index (χ4n) is 3.15. The van der Waals surface area contributed by atoms with E-state index in [0.717, 1.165) is 49.2 Å². The summed E-state index contributed by atoms with van der Waals surface area (Å²) in [5.74, 6) is 0.508. The first-order valence-electron chi connectivity index (χ1n) is 8.24. The Morgan fingerprint density at radius 2 is 2.18 bits per heavy atom. The van der Waals surface area contributed by atoms with Crippen LogP contribution in [0.1, 0.15) is 61.7 Å². The van der Waals surface area contributed by atoms with Gasteiger partial charge in [0.25, 0.3) is 0 Å². The summed E-state index contributed by atoms with van der Waals surface area (Å²) >= 11 is 1.61. The summed E-state index contributed by atoms with van der Waals surface area (Å²) < 4.78 is 0. The molecular formula is C16H25N3O2S. The molecule has 2 amide bonds. The van der Waals surface area contributed by atoms with Gasteiger partial charge in [0.05, 0.1) is 11.6 Å². The number of nitrogens with one attached hydrogen (secondary N) is 2. The molecule has 0 saturated heterocycles. The average molecular weight is 323 g/mol. The van der Waals surface area contributed by atoms with Gasteiger partial charge in [0.15, 0.2) is 0 Å².